The van der Waals surface area contributed by atoms with Gasteiger partial charge in [-0.1, -0.05) is 0 Å². The molecule has 0 N–H and O–H groups in total. The molecule has 0 unspecified atom stereocenters. The van der Waals surface area contributed by atoms with Crippen molar-refractivity contribution < 1.29 is 9.47 Å². The minimum atomic E-state index is 0.216. The summed E-state index contributed by atoms with van der Waals surface area (Å²) in [6, 6.07) is 3.74. The van der Waals surface area contributed by atoms with Crippen LogP contribution < -0.4 is 14.4 Å². The van der Waals surface area contributed by atoms with Gasteiger partial charge in [-0.05, 0) is 31.5 Å². The van der Waals surface area contributed by atoms with Gasteiger partial charge in [0.15, 0.2) is 11.5 Å². The van der Waals surface area contributed by atoms with Crippen LogP contribution in [0.4, 0.5) is 5.82 Å². The van der Waals surface area contributed by atoms with Crippen molar-refractivity contribution in [3.63, 3.8) is 0 Å². The summed E-state index contributed by atoms with van der Waals surface area (Å²) in [6.45, 7) is 4.99. The SMILES string of the molecule is CCOc1cc2nc(Cl)nc(N(C)C)c2cc1OCC. The zero-order chi connectivity index (χ0) is 14.7. The Balaban J connectivity index is 2.69. The normalized spacial score (nSPS) is 10.7. The van der Waals surface area contributed by atoms with Crippen molar-refractivity contribution in [3.8, 4) is 11.5 Å². The van der Waals surface area contributed by atoms with Crippen molar-refractivity contribution in [2.24, 2.45) is 0 Å². The van der Waals surface area contributed by atoms with Crippen molar-refractivity contribution in [3.05, 3.63) is 17.4 Å². The molecule has 0 aliphatic heterocycles. The quantitative estimate of drug-likeness (QED) is 0.793. The highest BCUT2D eigenvalue weighted by Crippen LogP contribution is 2.35. The molecule has 0 atom stereocenters. The molecule has 0 saturated carbocycles. The van der Waals surface area contributed by atoms with E-state index in [0.29, 0.717) is 24.7 Å². The summed E-state index contributed by atoms with van der Waals surface area (Å²) >= 11 is 5.98. The first-order valence-electron chi connectivity index (χ1n) is 6.51. The molecular weight excluding hydrogens is 278 g/mol. The number of benzene rings is 1. The van der Waals surface area contributed by atoms with Crippen LogP contribution in [0.25, 0.3) is 10.9 Å². The summed E-state index contributed by atoms with van der Waals surface area (Å²) in [5, 5.41) is 1.10. The third-order valence-electron chi connectivity index (χ3n) is 2.74. The number of hydrogen-bond donors (Lipinski definition) is 0. The minimum Gasteiger partial charge on any atom is -0.490 e. The zero-order valence-electron chi connectivity index (χ0n) is 12.1. The van der Waals surface area contributed by atoms with E-state index >= 15 is 0 Å². The Kier molecular flexibility index (Phi) is 4.49. The van der Waals surface area contributed by atoms with Crippen molar-refractivity contribution in [1.29, 1.82) is 0 Å². The topological polar surface area (TPSA) is 47.5 Å². The maximum atomic E-state index is 5.98. The van der Waals surface area contributed by atoms with E-state index < -0.39 is 0 Å². The standard InChI is InChI=1S/C14H18ClN3O2/c1-5-19-11-7-9-10(8-12(11)20-6-2)16-14(15)17-13(9)18(3)4/h7-8H,5-6H2,1-4H3. The Morgan fingerprint density at radius 1 is 1.05 bits per heavy atom. The molecule has 2 aromatic rings. The zero-order valence-corrected chi connectivity index (χ0v) is 12.9. The second-order valence-corrected chi connectivity index (χ2v) is 4.73. The predicted molar refractivity (Wildman–Crippen MR) is 81.2 cm³/mol. The van der Waals surface area contributed by atoms with E-state index in [9.17, 15) is 0 Å². The van der Waals surface area contributed by atoms with Crippen LogP contribution in [0.15, 0.2) is 12.1 Å². The summed E-state index contributed by atoms with van der Waals surface area (Å²) in [5.74, 6) is 2.11. The molecular formula is C14H18ClN3O2. The van der Waals surface area contributed by atoms with E-state index in [1.54, 1.807) is 0 Å². The molecule has 0 radical (unpaired) electrons. The predicted octanol–water partition coefficient (Wildman–Crippen LogP) is 3.15. The molecule has 6 heteroatoms. The van der Waals surface area contributed by atoms with Gasteiger partial charge in [-0.15, -0.1) is 0 Å². The van der Waals surface area contributed by atoms with E-state index in [0.717, 1.165) is 16.7 Å². The van der Waals surface area contributed by atoms with Gasteiger partial charge < -0.3 is 14.4 Å². The second kappa shape index (κ2) is 6.13. The fourth-order valence-corrected chi connectivity index (χ4v) is 2.14. The van der Waals surface area contributed by atoms with Gasteiger partial charge in [0.2, 0.25) is 5.28 Å². The molecule has 0 saturated heterocycles. The number of rotatable bonds is 5. The molecule has 0 aliphatic carbocycles. The summed E-state index contributed by atoms with van der Waals surface area (Å²) in [7, 11) is 3.82. The first kappa shape index (κ1) is 14.7. The monoisotopic (exact) mass is 295 g/mol. The van der Waals surface area contributed by atoms with Crippen molar-refractivity contribution in [2.45, 2.75) is 13.8 Å². The summed E-state index contributed by atoms with van der Waals surface area (Å²) in [4.78, 5) is 10.4. The van der Waals surface area contributed by atoms with Crippen LogP contribution >= 0.6 is 11.6 Å². The largest absolute Gasteiger partial charge is 0.490 e. The van der Waals surface area contributed by atoms with E-state index in [-0.39, 0.29) is 5.28 Å². The number of ether oxygens (including phenoxy) is 2. The molecule has 5 nitrogen and oxygen atoms in total. The van der Waals surface area contributed by atoms with E-state index in [1.165, 1.54) is 0 Å². The summed E-state index contributed by atoms with van der Waals surface area (Å²) in [5.41, 5.74) is 0.737. The molecule has 1 aromatic carbocycles. The van der Waals surface area contributed by atoms with Crippen LogP contribution in [0.2, 0.25) is 5.28 Å². The van der Waals surface area contributed by atoms with Crippen LogP contribution in [0.5, 0.6) is 11.5 Å². The molecule has 108 valence electrons. The molecule has 0 bridgehead atoms. The Bertz CT molecular complexity index is 617. The Morgan fingerprint density at radius 3 is 2.20 bits per heavy atom. The average molecular weight is 296 g/mol. The Labute approximate surface area is 123 Å². The molecule has 0 amide bonds. The third-order valence-corrected chi connectivity index (χ3v) is 2.91. The highest BCUT2D eigenvalue weighted by atomic mass is 35.5. The van der Waals surface area contributed by atoms with Gasteiger partial charge >= 0.3 is 0 Å². The number of anilines is 1. The smallest absolute Gasteiger partial charge is 0.224 e. The van der Waals surface area contributed by atoms with Crippen LogP contribution in [-0.2, 0) is 0 Å². The maximum absolute atomic E-state index is 5.98. The van der Waals surface area contributed by atoms with Crippen LogP contribution in [0, 0.1) is 0 Å². The lowest BCUT2D eigenvalue weighted by atomic mass is 10.2. The molecule has 20 heavy (non-hydrogen) atoms. The first-order chi connectivity index (χ1) is 9.56. The molecule has 1 heterocycles. The van der Waals surface area contributed by atoms with Crippen molar-refractivity contribution in [2.75, 3.05) is 32.2 Å². The van der Waals surface area contributed by atoms with E-state index in [2.05, 4.69) is 9.97 Å². The van der Waals surface area contributed by atoms with Gasteiger partial charge in [-0.25, -0.2) is 4.98 Å². The number of hydrogen-bond acceptors (Lipinski definition) is 5. The van der Waals surface area contributed by atoms with Crippen molar-refractivity contribution >= 4 is 28.3 Å². The van der Waals surface area contributed by atoms with Crippen molar-refractivity contribution in [1.82, 2.24) is 9.97 Å². The molecule has 0 fully saturated rings. The lowest BCUT2D eigenvalue weighted by Gasteiger charge is -2.17. The molecule has 1 aromatic heterocycles. The number of fused-ring (bicyclic) bond motifs is 1. The third kappa shape index (κ3) is 2.88. The number of nitrogens with zero attached hydrogens (tertiary/aromatic N) is 3. The molecule has 2 rings (SSSR count). The fraction of sp³-hybridized carbons (Fsp3) is 0.429. The van der Waals surface area contributed by atoms with Gasteiger partial charge in [0.1, 0.15) is 5.82 Å². The Morgan fingerprint density at radius 2 is 1.65 bits per heavy atom. The van der Waals surface area contributed by atoms with Gasteiger partial charge in [-0.3, -0.25) is 0 Å². The van der Waals surface area contributed by atoms with E-state index in [1.807, 2.05) is 45.0 Å². The Hall–Kier alpha value is -1.75. The fourth-order valence-electron chi connectivity index (χ4n) is 1.97. The lowest BCUT2D eigenvalue weighted by Crippen LogP contribution is -2.12. The maximum Gasteiger partial charge on any atom is 0.224 e. The van der Waals surface area contributed by atoms with Crippen LogP contribution in [-0.4, -0.2) is 37.3 Å². The molecule has 0 spiro atoms. The average Bonchev–Trinajstić information content (AvgIpc) is 2.39. The number of halogens is 1. The van der Waals surface area contributed by atoms with Crippen LogP contribution in [0.3, 0.4) is 0 Å². The highest BCUT2D eigenvalue weighted by molar-refractivity contribution is 6.28. The van der Waals surface area contributed by atoms with Gasteiger partial charge in [0.05, 0.1) is 18.7 Å². The van der Waals surface area contributed by atoms with Gasteiger partial charge in [0, 0.05) is 25.5 Å². The lowest BCUT2D eigenvalue weighted by molar-refractivity contribution is 0.288. The van der Waals surface area contributed by atoms with Crippen LogP contribution in [0.1, 0.15) is 13.8 Å². The summed E-state index contributed by atoms with van der Waals surface area (Å²) in [6.07, 6.45) is 0. The van der Waals surface area contributed by atoms with E-state index in [4.69, 9.17) is 21.1 Å². The summed E-state index contributed by atoms with van der Waals surface area (Å²) < 4.78 is 11.2. The highest BCUT2D eigenvalue weighted by Gasteiger charge is 2.14. The molecule has 0 aliphatic rings. The second-order valence-electron chi connectivity index (χ2n) is 4.39. The van der Waals surface area contributed by atoms with Gasteiger partial charge in [-0.2, -0.15) is 4.98 Å². The van der Waals surface area contributed by atoms with Gasteiger partial charge in [0.25, 0.3) is 0 Å². The first-order valence-corrected chi connectivity index (χ1v) is 6.88. The number of aromatic nitrogens is 2. The minimum absolute atomic E-state index is 0.216.